The number of aromatic nitrogens is 2. The molecule has 3 aromatic rings. The summed E-state index contributed by atoms with van der Waals surface area (Å²) in [5, 5.41) is 2.07. The summed E-state index contributed by atoms with van der Waals surface area (Å²) < 4.78 is 0. The van der Waals surface area contributed by atoms with Gasteiger partial charge in [-0.3, -0.25) is 4.79 Å². The van der Waals surface area contributed by atoms with Crippen LogP contribution in [-0.4, -0.2) is 85.1 Å². The van der Waals surface area contributed by atoms with Gasteiger partial charge in [-0.25, -0.2) is 9.97 Å². The number of hydrogen-bond donors (Lipinski definition) is 0. The van der Waals surface area contributed by atoms with Gasteiger partial charge in [-0.15, -0.1) is 11.3 Å². The zero-order valence-electron chi connectivity index (χ0n) is 18.4. The number of piperazine rings is 2. The summed E-state index contributed by atoms with van der Waals surface area (Å²) in [6, 6.07) is 14.2. The zero-order chi connectivity index (χ0) is 21.9. The predicted molar refractivity (Wildman–Crippen MR) is 130 cm³/mol. The fourth-order valence-corrected chi connectivity index (χ4v) is 4.99. The fraction of sp³-hybridized carbons (Fsp3) is 0.375. The molecule has 1 amide bonds. The number of nitrogens with zero attached hydrogens (tertiary/aromatic N) is 6. The highest BCUT2D eigenvalue weighted by Crippen LogP contribution is 2.25. The number of hydrogen-bond acceptors (Lipinski definition) is 7. The Morgan fingerprint density at radius 2 is 1.47 bits per heavy atom. The van der Waals surface area contributed by atoms with E-state index in [0.29, 0.717) is 13.1 Å². The van der Waals surface area contributed by atoms with Gasteiger partial charge in [-0.05, 0) is 36.2 Å². The minimum Gasteiger partial charge on any atom is -0.354 e. The Bertz CT molecular complexity index is 1040. The van der Waals surface area contributed by atoms with E-state index in [1.165, 1.54) is 4.88 Å². The number of amides is 1. The van der Waals surface area contributed by atoms with E-state index in [2.05, 4.69) is 49.2 Å². The first-order valence-corrected chi connectivity index (χ1v) is 12.0. The van der Waals surface area contributed by atoms with Crippen LogP contribution in [0.4, 0.5) is 11.6 Å². The molecule has 2 fully saturated rings. The van der Waals surface area contributed by atoms with Crippen molar-refractivity contribution in [3.63, 3.8) is 0 Å². The third kappa shape index (κ3) is 4.47. The van der Waals surface area contributed by atoms with E-state index >= 15 is 0 Å². The van der Waals surface area contributed by atoms with Gasteiger partial charge in [0.25, 0.3) is 5.91 Å². The number of benzene rings is 1. The fourth-order valence-electron chi connectivity index (χ4n) is 4.26. The van der Waals surface area contributed by atoms with Crippen LogP contribution in [0.15, 0.2) is 54.2 Å². The van der Waals surface area contributed by atoms with Crippen molar-refractivity contribution in [3.8, 4) is 10.4 Å². The van der Waals surface area contributed by atoms with Crippen LogP contribution in [0.2, 0.25) is 0 Å². The van der Waals surface area contributed by atoms with Gasteiger partial charge in [0.05, 0.1) is 0 Å². The lowest BCUT2D eigenvalue weighted by molar-refractivity contribution is 0.0746. The first-order valence-electron chi connectivity index (χ1n) is 11.1. The second-order valence-electron chi connectivity index (χ2n) is 8.36. The number of carbonyl (C=O) groups excluding carboxylic acids is 1. The van der Waals surface area contributed by atoms with Crippen molar-refractivity contribution in [2.45, 2.75) is 0 Å². The van der Waals surface area contributed by atoms with Crippen molar-refractivity contribution in [3.05, 3.63) is 59.7 Å². The third-order valence-electron chi connectivity index (χ3n) is 6.29. The molecule has 2 aromatic heterocycles. The minimum atomic E-state index is 0.100. The molecule has 0 spiro atoms. The predicted octanol–water partition coefficient (Wildman–Crippen LogP) is 2.92. The summed E-state index contributed by atoms with van der Waals surface area (Å²) >= 11 is 1.71. The summed E-state index contributed by atoms with van der Waals surface area (Å²) in [5.74, 6) is 2.04. The number of carbonyl (C=O) groups is 1. The van der Waals surface area contributed by atoms with Crippen molar-refractivity contribution < 1.29 is 4.79 Å². The van der Waals surface area contributed by atoms with E-state index < -0.39 is 0 Å². The summed E-state index contributed by atoms with van der Waals surface area (Å²) in [4.78, 5) is 32.1. The van der Waals surface area contributed by atoms with Crippen LogP contribution in [0.3, 0.4) is 0 Å². The zero-order valence-corrected chi connectivity index (χ0v) is 19.2. The van der Waals surface area contributed by atoms with Crippen molar-refractivity contribution in [2.24, 2.45) is 0 Å². The quantitative estimate of drug-likeness (QED) is 0.612. The summed E-state index contributed by atoms with van der Waals surface area (Å²) in [5.41, 5.74) is 1.90. The highest BCUT2D eigenvalue weighted by atomic mass is 32.1. The van der Waals surface area contributed by atoms with Gasteiger partial charge >= 0.3 is 0 Å². The lowest BCUT2D eigenvalue weighted by Crippen LogP contribution is -2.49. The number of rotatable bonds is 4. The molecule has 8 heteroatoms. The number of likely N-dealkylation sites (N-methyl/N-ethyl adjacent to an activating group) is 1. The maximum absolute atomic E-state index is 13.0. The van der Waals surface area contributed by atoms with Gasteiger partial charge < -0.3 is 19.6 Å². The van der Waals surface area contributed by atoms with Gasteiger partial charge in [0.2, 0.25) is 0 Å². The molecule has 7 nitrogen and oxygen atoms in total. The van der Waals surface area contributed by atoms with Crippen molar-refractivity contribution in [1.82, 2.24) is 19.8 Å². The second kappa shape index (κ2) is 9.26. The monoisotopic (exact) mass is 448 g/mol. The first-order chi connectivity index (χ1) is 15.7. The van der Waals surface area contributed by atoms with E-state index in [1.54, 1.807) is 17.7 Å². The van der Waals surface area contributed by atoms with Crippen LogP contribution in [0, 0.1) is 0 Å². The molecule has 0 radical (unpaired) electrons. The molecule has 166 valence electrons. The molecule has 0 atom stereocenters. The SMILES string of the molecule is CN1CCN(c2cc(N3CCN(C(=O)c4ccc(-c5cccs5)cc4)CC3)ncn2)CC1. The Morgan fingerprint density at radius 3 is 2.06 bits per heavy atom. The molecule has 0 aliphatic carbocycles. The lowest BCUT2D eigenvalue weighted by Gasteiger charge is -2.36. The van der Waals surface area contributed by atoms with Crippen LogP contribution < -0.4 is 9.80 Å². The Kier molecular flexibility index (Phi) is 6.05. The Labute approximate surface area is 192 Å². The molecule has 1 aromatic carbocycles. The molecule has 0 unspecified atom stereocenters. The van der Waals surface area contributed by atoms with Crippen molar-refractivity contribution in [1.29, 1.82) is 0 Å². The van der Waals surface area contributed by atoms with Crippen molar-refractivity contribution >= 4 is 28.9 Å². The standard InChI is InChI=1S/C24H28N6OS/c1-27-8-10-28(11-9-27)22-17-23(26-18-25-22)29-12-14-30(15-13-29)24(31)20-6-4-19(5-7-20)21-3-2-16-32-21/h2-7,16-18H,8-15H2,1H3. The summed E-state index contributed by atoms with van der Waals surface area (Å²) in [6.07, 6.45) is 1.66. The molecule has 2 aliphatic heterocycles. The third-order valence-corrected chi connectivity index (χ3v) is 7.21. The molecule has 32 heavy (non-hydrogen) atoms. The second-order valence-corrected chi connectivity index (χ2v) is 9.31. The van der Waals surface area contributed by atoms with E-state index in [4.69, 9.17) is 0 Å². The maximum atomic E-state index is 13.0. The van der Waals surface area contributed by atoms with Gasteiger partial charge in [0, 0.05) is 68.9 Å². The highest BCUT2D eigenvalue weighted by Gasteiger charge is 2.24. The molecule has 0 bridgehead atoms. The van der Waals surface area contributed by atoms with E-state index in [9.17, 15) is 4.79 Å². The summed E-state index contributed by atoms with van der Waals surface area (Å²) in [6.45, 7) is 7.01. The minimum absolute atomic E-state index is 0.100. The smallest absolute Gasteiger partial charge is 0.253 e. The van der Waals surface area contributed by atoms with Crippen LogP contribution in [0.1, 0.15) is 10.4 Å². The van der Waals surface area contributed by atoms with Gasteiger partial charge in [-0.1, -0.05) is 18.2 Å². The normalized spacial score (nSPS) is 17.6. The Morgan fingerprint density at radius 1 is 0.844 bits per heavy atom. The summed E-state index contributed by atoms with van der Waals surface area (Å²) in [7, 11) is 2.15. The molecular formula is C24H28N6OS. The molecule has 2 saturated heterocycles. The van der Waals surface area contributed by atoms with Gasteiger partial charge in [0.1, 0.15) is 18.0 Å². The molecule has 4 heterocycles. The van der Waals surface area contributed by atoms with Crippen LogP contribution in [-0.2, 0) is 0 Å². The largest absolute Gasteiger partial charge is 0.354 e. The average Bonchev–Trinajstić information content (AvgIpc) is 3.40. The van der Waals surface area contributed by atoms with Crippen molar-refractivity contribution in [2.75, 3.05) is 69.2 Å². The van der Waals surface area contributed by atoms with E-state index in [1.807, 2.05) is 35.2 Å². The molecule has 0 saturated carbocycles. The van der Waals surface area contributed by atoms with Crippen LogP contribution in [0.5, 0.6) is 0 Å². The molecule has 0 N–H and O–H groups in total. The lowest BCUT2D eigenvalue weighted by atomic mass is 10.1. The van der Waals surface area contributed by atoms with Gasteiger partial charge in [-0.2, -0.15) is 0 Å². The van der Waals surface area contributed by atoms with Crippen LogP contribution in [0.25, 0.3) is 10.4 Å². The van der Waals surface area contributed by atoms with E-state index in [0.717, 1.165) is 62.0 Å². The molecular weight excluding hydrogens is 420 g/mol. The maximum Gasteiger partial charge on any atom is 0.253 e. The van der Waals surface area contributed by atoms with Gasteiger partial charge in [0.15, 0.2) is 0 Å². The Balaban J connectivity index is 1.20. The topological polar surface area (TPSA) is 55.8 Å². The first kappa shape index (κ1) is 20.9. The van der Waals surface area contributed by atoms with Crippen LogP contribution >= 0.6 is 11.3 Å². The number of thiophene rings is 1. The molecule has 5 rings (SSSR count). The molecule has 2 aliphatic rings. The average molecular weight is 449 g/mol. The number of anilines is 2. The van der Waals surface area contributed by atoms with E-state index in [-0.39, 0.29) is 5.91 Å². The Hall–Kier alpha value is -2.97. The highest BCUT2D eigenvalue weighted by molar-refractivity contribution is 7.13.